The van der Waals surface area contributed by atoms with Crippen molar-refractivity contribution in [2.45, 2.75) is 12.5 Å². The van der Waals surface area contributed by atoms with Crippen molar-refractivity contribution in [1.29, 1.82) is 0 Å². The predicted octanol–water partition coefficient (Wildman–Crippen LogP) is 1.97. The second-order valence-corrected chi connectivity index (χ2v) is 4.64. The van der Waals surface area contributed by atoms with E-state index in [1.807, 2.05) is 0 Å². The van der Waals surface area contributed by atoms with Gasteiger partial charge in [-0.25, -0.2) is 9.18 Å². The average Bonchev–Trinajstić information content (AvgIpc) is 2.39. The lowest BCUT2D eigenvalue weighted by atomic mass is 10.1. The minimum absolute atomic E-state index is 0.00532. The number of esters is 1. The molecule has 0 heterocycles. The van der Waals surface area contributed by atoms with Crippen LogP contribution in [0.25, 0.3) is 0 Å². The Kier molecular flexibility index (Phi) is 5.69. The molecule has 0 saturated heterocycles. The number of hydrogen-bond donors (Lipinski definition) is 1. The highest BCUT2D eigenvalue weighted by Crippen LogP contribution is 2.17. The Balaban J connectivity index is 2.90. The molecule has 0 fully saturated rings. The molecule has 0 saturated carbocycles. The summed E-state index contributed by atoms with van der Waals surface area (Å²) >= 11 is 3.14. The van der Waals surface area contributed by atoms with E-state index < -0.39 is 23.7 Å². The van der Waals surface area contributed by atoms with E-state index in [4.69, 9.17) is 0 Å². The molecule has 1 amide bonds. The van der Waals surface area contributed by atoms with Crippen LogP contribution in [0.15, 0.2) is 35.3 Å². The first-order valence-electron chi connectivity index (χ1n) is 5.42. The Hall–Kier alpha value is -1.69. The predicted molar refractivity (Wildman–Crippen MR) is 71.9 cm³/mol. The van der Waals surface area contributed by atoms with Crippen molar-refractivity contribution < 1.29 is 18.7 Å². The molecule has 0 radical (unpaired) electrons. The van der Waals surface area contributed by atoms with Gasteiger partial charge in [0.1, 0.15) is 11.9 Å². The summed E-state index contributed by atoms with van der Waals surface area (Å²) in [6.07, 6.45) is 1.04. The van der Waals surface area contributed by atoms with Gasteiger partial charge < -0.3 is 10.1 Å². The van der Waals surface area contributed by atoms with Gasteiger partial charge in [0.05, 0.1) is 7.11 Å². The minimum atomic E-state index is -0.953. The first-order chi connectivity index (χ1) is 8.97. The van der Waals surface area contributed by atoms with E-state index in [1.54, 1.807) is 6.07 Å². The Morgan fingerprint density at radius 2 is 2.26 bits per heavy atom. The fraction of sp³-hybridized carbons (Fsp3) is 0.231. The van der Waals surface area contributed by atoms with E-state index in [2.05, 4.69) is 32.6 Å². The molecule has 19 heavy (non-hydrogen) atoms. The van der Waals surface area contributed by atoms with Crippen molar-refractivity contribution in [3.8, 4) is 0 Å². The molecular weight excluding hydrogens is 317 g/mol. The molecule has 102 valence electrons. The highest BCUT2D eigenvalue weighted by Gasteiger charge is 2.22. The third-order valence-electron chi connectivity index (χ3n) is 2.43. The summed E-state index contributed by atoms with van der Waals surface area (Å²) in [5.41, 5.74) is 0.308. The van der Waals surface area contributed by atoms with Gasteiger partial charge in [-0.1, -0.05) is 28.6 Å². The van der Waals surface area contributed by atoms with E-state index in [0.29, 0.717) is 10.0 Å². The van der Waals surface area contributed by atoms with Gasteiger partial charge in [0.15, 0.2) is 0 Å². The number of amides is 1. The molecule has 0 aliphatic rings. The van der Waals surface area contributed by atoms with E-state index in [1.165, 1.54) is 19.2 Å². The Morgan fingerprint density at radius 1 is 1.58 bits per heavy atom. The normalized spacial score (nSPS) is 11.5. The number of carbonyl (C=O) groups excluding carboxylic acids is 2. The number of benzene rings is 1. The summed E-state index contributed by atoms with van der Waals surface area (Å²) in [7, 11) is 1.20. The molecule has 0 bridgehead atoms. The first kappa shape index (κ1) is 15.4. The van der Waals surface area contributed by atoms with Crippen LogP contribution >= 0.6 is 15.9 Å². The molecule has 1 N–H and O–H groups in total. The first-order valence-corrected chi connectivity index (χ1v) is 6.22. The van der Waals surface area contributed by atoms with Crippen LogP contribution in [-0.4, -0.2) is 25.0 Å². The quantitative estimate of drug-likeness (QED) is 0.663. The summed E-state index contributed by atoms with van der Waals surface area (Å²) in [5.74, 6) is -1.62. The van der Waals surface area contributed by atoms with Crippen LogP contribution in [0.2, 0.25) is 0 Å². The lowest BCUT2D eigenvalue weighted by molar-refractivity contribution is -0.144. The fourth-order valence-corrected chi connectivity index (χ4v) is 1.81. The van der Waals surface area contributed by atoms with Gasteiger partial charge in [0.25, 0.3) is 0 Å². The number of halogens is 2. The van der Waals surface area contributed by atoms with Crippen LogP contribution in [0.3, 0.4) is 0 Å². The fourth-order valence-electron chi connectivity index (χ4n) is 1.47. The Morgan fingerprint density at radius 3 is 2.79 bits per heavy atom. The largest absolute Gasteiger partial charge is 0.467 e. The smallest absolute Gasteiger partial charge is 0.328 e. The van der Waals surface area contributed by atoms with Crippen molar-refractivity contribution in [3.63, 3.8) is 0 Å². The Labute approximate surface area is 118 Å². The Bertz CT molecular complexity index is 505. The van der Waals surface area contributed by atoms with E-state index >= 15 is 0 Å². The molecule has 0 aromatic heterocycles. The second kappa shape index (κ2) is 7.04. The zero-order valence-electron chi connectivity index (χ0n) is 10.3. The SMILES string of the molecule is C=CC(=O)N[C@@H](Cc1ccc(Br)cc1F)C(=O)OC. The topological polar surface area (TPSA) is 55.4 Å². The maximum Gasteiger partial charge on any atom is 0.328 e. The van der Waals surface area contributed by atoms with E-state index in [-0.39, 0.29) is 6.42 Å². The zero-order chi connectivity index (χ0) is 14.4. The molecule has 4 nitrogen and oxygen atoms in total. The van der Waals surface area contributed by atoms with Gasteiger partial charge in [0.2, 0.25) is 5.91 Å². The van der Waals surface area contributed by atoms with Gasteiger partial charge in [-0.2, -0.15) is 0 Å². The van der Waals surface area contributed by atoms with E-state index in [9.17, 15) is 14.0 Å². The molecular formula is C13H13BrFNO3. The molecule has 1 aromatic rings. The maximum atomic E-state index is 13.7. The van der Waals surface area contributed by atoms with Crippen LogP contribution in [0, 0.1) is 5.82 Å². The summed E-state index contributed by atoms with van der Waals surface area (Å²) in [4.78, 5) is 22.8. The molecule has 1 aromatic carbocycles. The average molecular weight is 330 g/mol. The number of methoxy groups -OCH3 is 1. The molecule has 0 spiro atoms. The van der Waals surface area contributed by atoms with Crippen molar-refractivity contribution in [1.82, 2.24) is 5.32 Å². The highest BCUT2D eigenvalue weighted by molar-refractivity contribution is 9.10. The van der Waals surface area contributed by atoms with Crippen molar-refractivity contribution in [2.24, 2.45) is 0 Å². The lowest BCUT2D eigenvalue weighted by Gasteiger charge is -2.16. The summed E-state index contributed by atoms with van der Waals surface area (Å²) in [5, 5.41) is 2.40. The molecule has 0 aliphatic heterocycles. The van der Waals surface area contributed by atoms with Crippen molar-refractivity contribution in [3.05, 3.63) is 46.7 Å². The molecule has 1 atom stereocenters. The number of ether oxygens (including phenoxy) is 1. The summed E-state index contributed by atoms with van der Waals surface area (Å²) in [6.45, 7) is 3.29. The number of nitrogens with one attached hydrogen (secondary N) is 1. The van der Waals surface area contributed by atoms with Gasteiger partial charge in [-0.3, -0.25) is 4.79 Å². The van der Waals surface area contributed by atoms with Gasteiger partial charge in [0, 0.05) is 10.9 Å². The molecule has 6 heteroatoms. The van der Waals surface area contributed by atoms with Gasteiger partial charge in [-0.15, -0.1) is 0 Å². The monoisotopic (exact) mass is 329 g/mol. The van der Waals surface area contributed by atoms with Crippen LogP contribution < -0.4 is 5.32 Å². The van der Waals surface area contributed by atoms with Crippen LogP contribution in [-0.2, 0) is 20.7 Å². The number of rotatable bonds is 5. The van der Waals surface area contributed by atoms with E-state index in [0.717, 1.165) is 6.08 Å². The summed E-state index contributed by atoms with van der Waals surface area (Å²) in [6, 6.07) is 3.53. The zero-order valence-corrected chi connectivity index (χ0v) is 11.9. The maximum absolute atomic E-state index is 13.7. The molecule has 0 unspecified atom stereocenters. The number of hydrogen-bond acceptors (Lipinski definition) is 3. The van der Waals surface area contributed by atoms with Crippen LogP contribution in [0.1, 0.15) is 5.56 Å². The van der Waals surface area contributed by atoms with Crippen molar-refractivity contribution in [2.75, 3.05) is 7.11 Å². The van der Waals surface area contributed by atoms with Crippen LogP contribution in [0.5, 0.6) is 0 Å². The minimum Gasteiger partial charge on any atom is -0.467 e. The highest BCUT2D eigenvalue weighted by atomic mass is 79.9. The summed E-state index contributed by atoms with van der Waals surface area (Å²) < 4.78 is 18.9. The molecule has 0 aliphatic carbocycles. The van der Waals surface area contributed by atoms with Crippen LogP contribution in [0.4, 0.5) is 4.39 Å². The third kappa shape index (κ3) is 4.48. The standard InChI is InChI=1S/C13H13BrFNO3/c1-3-12(17)16-11(13(18)19-2)6-8-4-5-9(14)7-10(8)15/h3-5,7,11H,1,6H2,2H3,(H,16,17)/t11-/m0/s1. The third-order valence-corrected chi connectivity index (χ3v) is 2.92. The van der Waals surface area contributed by atoms with Gasteiger partial charge in [-0.05, 0) is 23.8 Å². The van der Waals surface area contributed by atoms with Crippen molar-refractivity contribution >= 4 is 27.8 Å². The molecule has 1 rings (SSSR count). The number of carbonyl (C=O) groups is 2. The van der Waals surface area contributed by atoms with Gasteiger partial charge >= 0.3 is 5.97 Å². The second-order valence-electron chi connectivity index (χ2n) is 3.73. The lowest BCUT2D eigenvalue weighted by Crippen LogP contribution is -2.42.